The Morgan fingerprint density at radius 1 is 1.45 bits per heavy atom. The van der Waals surface area contributed by atoms with Crippen LogP contribution in [0.3, 0.4) is 0 Å². The lowest BCUT2D eigenvalue weighted by atomic mass is 10.2. The van der Waals surface area contributed by atoms with Crippen LogP contribution in [0.4, 0.5) is 13.2 Å². The van der Waals surface area contributed by atoms with Crippen molar-refractivity contribution >= 4 is 17.1 Å². The van der Waals surface area contributed by atoms with E-state index in [1.807, 2.05) is 0 Å². The quantitative estimate of drug-likeness (QED) is 0.861. The molecule has 0 amide bonds. The minimum absolute atomic E-state index is 0.0225. The van der Waals surface area contributed by atoms with Crippen LogP contribution in [0.2, 0.25) is 0 Å². The van der Waals surface area contributed by atoms with Gasteiger partial charge in [-0.25, -0.2) is 9.67 Å². The molecule has 0 bridgehead atoms. The maximum atomic E-state index is 12.4. The van der Waals surface area contributed by atoms with Gasteiger partial charge in [-0.1, -0.05) is 5.21 Å². The summed E-state index contributed by atoms with van der Waals surface area (Å²) in [6.07, 6.45) is -2.18. The summed E-state index contributed by atoms with van der Waals surface area (Å²) in [4.78, 5) is 15.1. The van der Waals surface area contributed by atoms with E-state index in [4.69, 9.17) is 0 Å². The highest BCUT2D eigenvalue weighted by atomic mass is 32.1. The van der Waals surface area contributed by atoms with Crippen LogP contribution < -0.4 is 5.32 Å². The minimum atomic E-state index is -4.54. The van der Waals surface area contributed by atoms with Crippen LogP contribution in [0, 0.1) is 0 Å². The summed E-state index contributed by atoms with van der Waals surface area (Å²) in [5.74, 6) is -0.600. The van der Waals surface area contributed by atoms with E-state index in [2.05, 4.69) is 20.6 Å². The number of hydrogen-bond acceptors (Lipinski definition) is 6. The summed E-state index contributed by atoms with van der Waals surface area (Å²) < 4.78 is 38.8. The third-order valence-corrected chi connectivity index (χ3v) is 3.89. The summed E-state index contributed by atoms with van der Waals surface area (Å²) >= 11 is 0.305. The van der Waals surface area contributed by atoms with Crippen molar-refractivity contribution in [3.8, 4) is 0 Å². The number of hydrogen-bond donors (Lipinski definition) is 1. The molecule has 1 N–H and O–H groups in total. The van der Waals surface area contributed by atoms with E-state index in [1.165, 1.54) is 10.9 Å². The third-order valence-electron chi connectivity index (χ3n) is 2.85. The maximum absolute atomic E-state index is 12.4. The second-order valence-electron chi connectivity index (χ2n) is 4.25. The van der Waals surface area contributed by atoms with Crippen molar-refractivity contribution in [2.24, 2.45) is 0 Å². The van der Waals surface area contributed by atoms with Gasteiger partial charge in [-0.2, -0.15) is 13.2 Å². The monoisotopic (exact) mass is 303 g/mol. The lowest BCUT2D eigenvalue weighted by Crippen LogP contribution is -2.43. The Bertz CT molecular complexity index is 645. The SMILES string of the molecule is O=C(c1cn(C2CNC2)nn1)c1cnc(C(F)(F)F)s1. The number of carbonyl (C=O) groups is 1. The first-order valence-corrected chi connectivity index (χ1v) is 6.47. The number of ketones is 1. The predicted octanol–water partition coefficient (Wildman–Crippen LogP) is 1.13. The summed E-state index contributed by atoms with van der Waals surface area (Å²) in [6.45, 7) is 1.46. The van der Waals surface area contributed by atoms with Gasteiger partial charge in [-0.15, -0.1) is 16.4 Å². The highest BCUT2D eigenvalue weighted by molar-refractivity contribution is 7.13. The molecule has 6 nitrogen and oxygen atoms in total. The van der Waals surface area contributed by atoms with Crippen LogP contribution in [0.15, 0.2) is 12.4 Å². The van der Waals surface area contributed by atoms with Gasteiger partial charge in [-0.05, 0) is 0 Å². The molecule has 106 valence electrons. The lowest BCUT2D eigenvalue weighted by molar-refractivity contribution is -0.137. The molecule has 3 heterocycles. The number of rotatable bonds is 3. The molecule has 0 radical (unpaired) electrons. The van der Waals surface area contributed by atoms with Gasteiger partial charge < -0.3 is 5.32 Å². The van der Waals surface area contributed by atoms with Crippen LogP contribution in [0.25, 0.3) is 0 Å². The molecule has 2 aromatic rings. The number of alkyl halides is 3. The van der Waals surface area contributed by atoms with E-state index in [0.29, 0.717) is 11.3 Å². The maximum Gasteiger partial charge on any atom is 0.443 e. The van der Waals surface area contributed by atoms with E-state index in [9.17, 15) is 18.0 Å². The zero-order valence-electron chi connectivity index (χ0n) is 9.89. The fourth-order valence-electron chi connectivity index (χ4n) is 1.66. The topological polar surface area (TPSA) is 72.7 Å². The Morgan fingerprint density at radius 2 is 2.20 bits per heavy atom. The molecule has 0 atom stereocenters. The van der Waals surface area contributed by atoms with Crippen molar-refractivity contribution < 1.29 is 18.0 Å². The second-order valence-corrected chi connectivity index (χ2v) is 5.28. The van der Waals surface area contributed by atoms with Crippen LogP contribution in [0.1, 0.15) is 26.4 Å². The summed E-state index contributed by atoms with van der Waals surface area (Å²) in [6, 6.07) is 0.135. The summed E-state index contributed by atoms with van der Waals surface area (Å²) in [7, 11) is 0. The Hall–Kier alpha value is -1.81. The summed E-state index contributed by atoms with van der Waals surface area (Å²) in [5.41, 5.74) is 0.0225. The normalized spacial score (nSPS) is 16.1. The molecule has 1 saturated heterocycles. The van der Waals surface area contributed by atoms with Gasteiger partial charge >= 0.3 is 6.18 Å². The van der Waals surface area contributed by atoms with Crippen molar-refractivity contribution in [1.82, 2.24) is 25.3 Å². The standard InChI is InChI=1S/C10H8F3N5OS/c11-10(12,13)9-15-3-7(20-9)8(19)6-4-18(17-16-6)5-1-14-2-5/h3-5,14H,1-2H2. The Kier molecular flexibility index (Phi) is 3.05. The molecule has 3 rings (SSSR count). The van der Waals surface area contributed by atoms with Crippen molar-refractivity contribution in [3.63, 3.8) is 0 Å². The zero-order valence-corrected chi connectivity index (χ0v) is 10.7. The third kappa shape index (κ3) is 2.31. The van der Waals surface area contributed by atoms with Crippen molar-refractivity contribution in [2.45, 2.75) is 12.2 Å². The van der Waals surface area contributed by atoms with Crippen LogP contribution >= 0.6 is 11.3 Å². The first-order chi connectivity index (χ1) is 9.45. The highest BCUT2D eigenvalue weighted by Crippen LogP contribution is 2.32. The lowest BCUT2D eigenvalue weighted by Gasteiger charge is -2.26. The second kappa shape index (κ2) is 4.63. The minimum Gasteiger partial charge on any atom is -0.312 e. The largest absolute Gasteiger partial charge is 0.443 e. The number of thiazole rings is 1. The first kappa shape index (κ1) is 13.2. The molecule has 1 fully saturated rings. The van der Waals surface area contributed by atoms with E-state index in [-0.39, 0.29) is 16.6 Å². The van der Waals surface area contributed by atoms with Crippen LogP contribution in [-0.2, 0) is 6.18 Å². The number of carbonyl (C=O) groups excluding carboxylic acids is 1. The molecule has 0 saturated carbocycles. The van der Waals surface area contributed by atoms with Gasteiger partial charge in [0.25, 0.3) is 0 Å². The molecule has 1 aliphatic heterocycles. The van der Waals surface area contributed by atoms with E-state index in [0.717, 1.165) is 19.3 Å². The molecule has 2 aromatic heterocycles. The van der Waals surface area contributed by atoms with E-state index in [1.54, 1.807) is 0 Å². The molecule has 10 heteroatoms. The molecule has 1 aliphatic rings. The number of aromatic nitrogens is 4. The first-order valence-electron chi connectivity index (χ1n) is 5.65. The zero-order chi connectivity index (χ0) is 14.3. The smallest absolute Gasteiger partial charge is 0.312 e. The van der Waals surface area contributed by atoms with E-state index < -0.39 is 17.0 Å². The van der Waals surface area contributed by atoms with Crippen LogP contribution in [-0.4, -0.2) is 38.9 Å². The van der Waals surface area contributed by atoms with Gasteiger partial charge in [0, 0.05) is 19.3 Å². The number of halogens is 3. The molecule has 0 unspecified atom stereocenters. The molecule has 0 aromatic carbocycles. The van der Waals surface area contributed by atoms with Gasteiger partial charge in [0.2, 0.25) is 5.78 Å². The average Bonchev–Trinajstić information content (AvgIpc) is 2.93. The molecular weight excluding hydrogens is 295 g/mol. The number of nitrogens with one attached hydrogen (secondary N) is 1. The van der Waals surface area contributed by atoms with Gasteiger partial charge in [0.05, 0.1) is 17.1 Å². The molecular formula is C10H8F3N5OS. The summed E-state index contributed by atoms with van der Waals surface area (Å²) in [5, 5.41) is 9.51. The molecule has 0 spiro atoms. The average molecular weight is 303 g/mol. The number of nitrogens with zero attached hydrogens (tertiary/aromatic N) is 4. The van der Waals surface area contributed by atoms with Crippen LogP contribution in [0.5, 0.6) is 0 Å². The Labute approximate surface area is 114 Å². The fourth-order valence-corrected chi connectivity index (χ4v) is 2.39. The van der Waals surface area contributed by atoms with Gasteiger partial charge in [0.1, 0.15) is 0 Å². The molecule has 0 aliphatic carbocycles. The fraction of sp³-hybridized carbons (Fsp3) is 0.400. The van der Waals surface area contributed by atoms with E-state index >= 15 is 0 Å². The Balaban J connectivity index is 1.81. The van der Waals surface area contributed by atoms with Gasteiger partial charge in [0.15, 0.2) is 10.7 Å². The Morgan fingerprint density at radius 3 is 2.75 bits per heavy atom. The van der Waals surface area contributed by atoms with Crippen molar-refractivity contribution in [2.75, 3.05) is 13.1 Å². The van der Waals surface area contributed by atoms with Gasteiger partial charge in [-0.3, -0.25) is 4.79 Å². The molecule has 20 heavy (non-hydrogen) atoms. The highest BCUT2D eigenvalue weighted by Gasteiger charge is 2.35. The van der Waals surface area contributed by atoms with Crippen molar-refractivity contribution in [1.29, 1.82) is 0 Å². The predicted molar refractivity (Wildman–Crippen MR) is 62.5 cm³/mol. The van der Waals surface area contributed by atoms with Crippen molar-refractivity contribution in [3.05, 3.63) is 28.0 Å².